The maximum atomic E-state index is 12.1. The first-order valence-corrected chi connectivity index (χ1v) is 27.5. The fourth-order valence-corrected chi connectivity index (χ4v) is 8.11. The molecule has 0 rings (SSSR count). The number of unbranched alkanes of at least 4 members (excludes halogenated alkanes) is 30. The Morgan fingerprint density at radius 3 is 1.34 bits per heavy atom. The van der Waals surface area contributed by atoms with Crippen molar-refractivity contribution >= 4 is 19.7 Å². The molecule has 2 unspecified atom stereocenters. The second-order valence-corrected chi connectivity index (χ2v) is 18.9. The van der Waals surface area contributed by atoms with Gasteiger partial charge in [0.1, 0.15) is 12.7 Å². The highest BCUT2D eigenvalue weighted by atomic mass is 31.2. The molecule has 9 nitrogen and oxygen atoms in total. The number of carbonyl (C=O) groups is 2. The van der Waals surface area contributed by atoms with E-state index in [-0.39, 0.29) is 32.1 Å². The standard InChI is InChI=1S/C52H98NO8P/c1-3-5-7-9-11-13-15-17-19-21-23-24-25-26-27-29-31-33-35-37-39-41-43-45-52(56)59-48-50(54)49-61-62(57,58)60-47-46-53-51(55)44-42-40-38-36-34-32-30-28-22-20-18-16-14-12-10-8-6-4-2/h11,13,17,19-20,22,50,54H,3-10,12,14-16,18,21,23-49H2,1-2H3,(H,53,55)(H,57,58)/b13-11-,19-17-,22-20-. The Bertz CT molecular complexity index is 1110. The zero-order chi connectivity index (χ0) is 45.3. The van der Waals surface area contributed by atoms with Gasteiger partial charge in [0.2, 0.25) is 5.91 Å². The van der Waals surface area contributed by atoms with E-state index < -0.39 is 26.5 Å². The van der Waals surface area contributed by atoms with Gasteiger partial charge in [0.05, 0.1) is 13.2 Å². The van der Waals surface area contributed by atoms with Crippen molar-refractivity contribution in [2.24, 2.45) is 0 Å². The summed E-state index contributed by atoms with van der Waals surface area (Å²) in [6, 6.07) is 0. The van der Waals surface area contributed by atoms with Crippen LogP contribution >= 0.6 is 7.82 Å². The molecule has 10 heteroatoms. The van der Waals surface area contributed by atoms with Crippen molar-refractivity contribution in [1.29, 1.82) is 0 Å². The number of rotatable bonds is 49. The monoisotopic (exact) mass is 896 g/mol. The van der Waals surface area contributed by atoms with Gasteiger partial charge >= 0.3 is 13.8 Å². The molecule has 0 heterocycles. The predicted octanol–water partition coefficient (Wildman–Crippen LogP) is 15.3. The molecule has 0 aromatic rings. The molecule has 3 N–H and O–H groups in total. The Balaban J connectivity index is 3.54. The number of amides is 1. The molecule has 0 fully saturated rings. The molecule has 0 aliphatic rings. The molecule has 0 saturated carbocycles. The summed E-state index contributed by atoms with van der Waals surface area (Å²) in [6.45, 7) is 3.56. The number of hydrogen-bond donors (Lipinski definition) is 3. The third-order valence-electron chi connectivity index (χ3n) is 11.3. The van der Waals surface area contributed by atoms with Crippen molar-refractivity contribution in [3.05, 3.63) is 36.5 Å². The van der Waals surface area contributed by atoms with Crippen LogP contribution in [-0.4, -0.2) is 54.3 Å². The first kappa shape index (κ1) is 60.2. The molecule has 0 aromatic heterocycles. The Kier molecular flexibility index (Phi) is 47.3. The molecule has 0 spiro atoms. The van der Waals surface area contributed by atoms with Crippen LogP contribution < -0.4 is 5.32 Å². The molecule has 0 aromatic carbocycles. The number of nitrogens with one attached hydrogen (secondary N) is 1. The molecule has 364 valence electrons. The van der Waals surface area contributed by atoms with E-state index in [2.05, 4.69) is 55.6 Å². The van der Waals surface area contributed by atoms with Gasteiger partial charge in [0.25, 0.3) is 0 Å². The Hall–Kier alpha value is -1.77. The summed E-state index contributed by atoms with van der Waals surface area (Å²) in [4.78, 5) is 34.1. The highest BCUT2D eigenvalue weighted by molar-refractivity contribution is 7.47. The van der Waals surface area contributed by atoms with E-state index in [0.29, 0.717) is 6.42 Å². The van der Waals surface area contributed by atoms with Gasteiger partial charge in [-0.25, -0.2) is 4.57 Å². The maximum Gasteiger partial charge on any atom is 0.472 e. The lowest BCUT2D eigenvalue weighted by Crippen LogP contribution is -2.27. The highest BCUT2D eigenvalue weighted by Gasteiger charge is 2.23. The van der Waals surface area contributed by atoms with Gasteiger partial charge in [0, 0.05) is 19.4 Å². The summed E-state index contributed by atoms with van der Waals surface area (Å²) in [5.74, 6) is -0.514. The van der Waals surface area contributed by atoms with Gasteiger partial charge in [-0.1, -0.05) is 204 Å². The van der Waals surface area contributed by atoms with Crippen molar-refractivity contribution < 1.29 is 37.9 Å². The van der Waals surface area contributed by atoms with Gasteiger partial charge < -0.3 is 20.1 Å². The third-order valence-corrected chi connectivity index (χ3v) is 12.3. The minimum absolute atomic E-state index is 0.0807. The molecule has 2 atom stereocenters. The second-order valence-electron chi connectivity index (χ2n) is 17.5. The summed E-state index contributed by atoms with van der Waals surface area (Å²) >= 11 is 0. The van der Waals surface area contributed by atoms with E-state index in [4.69, 9.17) is 13.8 Å². The quantitative estimate of drug-likeness (QED) is 0.0238. The number of ether oxygens (including phenoxy) is 1. The van der Waals surface area contributed by atoms with E-state index >= 15 is 0 Å². The third kappa shape index (κ3) is 49.2. The van der Waals surface area contributed by atoms with Gasteiger partial charge in [-0.3, -0.25) is 18.6 Å². The molecule has 0 bridgehead atoms. The molecular weight excluding hydrogens is 798 g/mol. The van der Waals surface area contributed by atoms with Crippen LogP contribution in [0, 0.1) is 0 Å². The minimum Gasteiger partial charge on any atom is -0.463 e. The van der Waals surface area contributed by atoms with E-state index in [0.717, 1.165) is 44.9 Å². The second kappa shape index (κ2) is 48.7. The van der Waals surface area contributed by atoms with Crippen molar-refractivity contribution in [1.82, 2.24) is 5.32 Å². The maximum absolute atomic E-state index is 12.1. The lowest BCUT2D eigenvalue weighted by molar-refractivity contribution is -0.147. The lowest BCUT2D eigenvalue weighted by Gasteiger charge is -2.15. The van der Waals surface area contributed by atoms with Gasteiger partial charge in [0.15, 0.2) is 0 Å². The van der Waals surface area contributed by atoms with E-state index in [1.54, 1.807) is 0 Å². The SMILES string of the molecule is CCCCC/C=C\C/C=C\CCCCCCCCCCCCCCCC(=O)OCC(O)COP(=O)(O)OCCNC(=O)CCCCCCCCC/C=C\CCCCCCCCC. The number of allylic oxidation sites excluding steroid dienone is 6. The van der Waals surface area contributed by atoms with Crippen molar-refractivity contribution in [2.45, 2.75) is 258 Å². The van der Waals surface area contributed by atoms with Crippen LogP contribution in [0.15, 0.2) is 36.5 Å². The van der Waals surface area contributed by atoms with E-state index in [9.17, 15) is 24.2 Å². The number of esters is 1. The normalized spacial score (nSPS) is 13.4. The summed E-state index contributed by atoms with van der Waals surface area (Å²) < 4.78 is 27.0. The molecule has 0 radical (unpaired) electrons. The van der Waals surface area contributed by atoms with Crippen LogP contribution in [0.25, 0.3) is 0 Å². The summed E-state index contributed by atoms with van der Waals surface area (Å²) in [5, 5.41) is 12.8. The van der Waals surface area contributed by atoms with Crippen LogP contribution in [0.5, 0.6) is 0 Å². The lowest BCUT2D eigenvalue weighted by atomic mass is 10.0. The number of carbonyl (C=O) groups excluding carboxylic acids is 2. The highest BCUT2D eigenvalue weighted by Crippen LogP contribution is 2.42. The van der Waals surface area contributed by atoms with Crippen molar-refractivity contribution in [3.63, 3.8) is 0 Å². The zero-order valence-corrected chi connectivity index (χ0v) is 41.2. The first-order valence-electron chi connectivity index (χ1n) is 26.0. The van der Waals surface area contributed by atoms with Gasteiger partial charge in [-0.05, 0) is 70.6 Å². The predicted molar refractivity (Wildman–Crippen MR) is 261 cm³/mol. The number of aliphatic hydroxyl groups is 1. The van der Waals surface area contributed by atoms with Crippen LogP contribution in [0.4, 0.5) is 0 Å². The number of phosphoric acid groups is 1. The number of hydrogen-bond acceptors (Lipinski definition) is 7. The largest absolute Gasteiger partial charge is 0.472 e. The average molecular weight is 896 g/mol. The van der Waals surface area contributed by atoms with Crippen molar-refractivity contribution in [2.75, 3.05) is 26.4 Å². The van der Waals surface area contributed by atoms with Gasteiger partial charge in [-0.2, -0.15) is 0 Å². The van der Waals surface area contributed by atoms with Crippen molar-refractivity contribution in [3.8, 4) is 0 Å². The summed E-state index contributed by atoms with van der Waals surface area (Å²) in [6.07, 6.45) is 56.5. The van der Waals surface area contributed by atoms with Crippen LogP contribution in [-0.2, 0) is 27.9 Å². The number of aliphatic hydroxyl groups excluding tert-OH is 1. The average Bonchev–Trinajstić information content (AvgIpc) is 3.26. The Labute approximate surface area is 382 Å². The molecule has 62 heavy (non-hydrogen) atoms. The van der Waals surface area contributed by atoms with Crippen LogP contribution in [0.2, 0.25) is 0 Å². The fraction of sp³-hybridized carbons (Fsp3) is 0.846. The smallest absolute Gasteiger partial charge is 0.463 e. The van der Waals surface area contributed by atoms with Gasteiger partial charge in [-0.15, -0.1) is 0 Å². The molecule has 0 saturated heterocycles. The van der Waals surface area contributed by atoms with Crippen LogP contribution in [0.1, 0.15) is 251 Å². The fourth-order valence-electron chi connectivity index (χ4n) is 7.35. The van der Waals surface area contributed by atoms with E-state index in [1.807, 2.05) is 0 Å². The number of phosphoric ester groups is 1. The van der Waals surface area contributed by atoms with Crippen LogP contribution in [0.3, 0.4) is 0 Å². The molecular formula is C52H98NO8P. The topological polar surface area (TPSA) is 131 Å². The summed E-state index contributed by atoms with van der Waals surface area (Å²) in [5.41, 5.74) is 0. The molecule has 0 aliphatic carbocycles. The first-order chi connectivity index (χ1) is 30.3. The Morgan fingerprint density at radius 2 is 0.871 bits per heavy atom. The molecule has 1 amide bonds. The summed E-state index contributed by atoms with van der Waals surface area (Å²) in [7, 11) is -4.42. The van der Waals surface area contributed by atoms with E-state index in [1.165, 1.54) is 180 Å². The molecule has 0 aliphatic heterocycles. The Morgan fingerprint density at radius 1 is 0.500 bits per heavy atom. The minimum atomic E-state index is -4.42. The zero-order valence-electron chi connectivity index (χ0n) is 40.3.